The fraction of sp³-hybridized carbons (Fsp3) is 0.316. The monoisotopic (exact) mass is 364 g/mol. The van der Waals surface area contributed by atoms with Crippen LogP contribution in [-0.4, -0.2) is 32.2 Å². The van der Waals surface area contributed by atoms with Crippen molar-refractivity contribution >= 4 is 11.6 Å². The predicted molar refractivity (Wildman–Crippen MR) is 92.1 cm³/mol. The third-order valence-corrected chi connectivity index (χ3v) is 4.38. The lowest BCUT2D eigenvalue weighted by molar-refractivity contribution is -0.0501. The Morgan fingerprint density at radius 1 is 1.19 bits per heavy atom. The third kappa shape index (κ3) is 4.47. The number of benzene rings is 2. The SMILES string of the molecule is O=C(NC[C@H]1CCN(c2ccc(F)cc2)C1)c1ccccc1OC(F)F. The second-order valence-corrected chi connectivity index (χ2v) is 6.16. The number of para-hydroxylation sites is 1. The fourth-order valence-corrected chi connectivity index (χ4v) is 3.07. The number of halogens is 3. The highest BCUT2D eigenvalue weighted by Crippen LogP contribution is 2.24. The van der Waals surface area contributed by atoms with E-state index in [9.17, 15) is 18.0 Å². The number of carbonyl (C=O) groups is 1. The molecular formula is C19H19F3N2O2. The quantitative estimate of drug-likeness (QED) is 0.850. The van der Waals surface area contributed by atoms with Crippen molar-refractivity contribution in [3.63, 3.8) is 0 Å². The van der Waals surface area contributed by atoms with Gasteiger partial charge in [-0.15, -0.1) is 0 Å². The van der Waals surface area contributed by atoms with Crippen LogP contribution >= 0.6 is 0 Å². The molecular weight excluding hydrogens is 345 g/mol. The zero-order valence-electron chi connectivity index (χ0n) is 14.0. The zero-order chi connectivity index (χ0) is 18.5. The van der Waals surface area contributed by atoms with Gasteiger partial charge in [0.2, 0.25) is 0 Å². The highest BCUT2D eigenvalue weighted by atomic mass is 19.3. The van der Waals surface area contributed by atoms with E-state index < -0.39 is 12.5 Å². The van der Waals surface area contributed by atoms with Crippen molar-refractivity contribution in [3.05, 3.63) is 59.9 Å². The van der Waals surface area contributed by atoms with Crippen molar-refractivity contribution in [2.45, 2.75) is 13.0 Å². The minimum atomic E-state index is -2.98. The zero-order valence-corrected chi connectivity index (χ0v) is 14.0. The molecule has 7 heteroatoms. The number of rotatable bonds is 6. The normalized spacial score (nSPS) is 16.8. The Morgan fingerprint density at radius 3 is 2.65 bits per heavy atom. The van der Waals surface area contributed by atoms with Crippen molar-refractivity contribution in [1.82, 2.24) is 5.32 Å². The summed E-state index contributed by atoms with van der Waals surface area (Å²) >= 11 is 0. The number of anilines is 1. The van der Waals surface area contributed by atoms with Gasteiger partial charge in [-0.3, -0.25) is 4.79 Å². The van der Waals surface area contributed by atoms with Gasteiger partial charge in [-0.05, 0) is 48.7 Å². The molecule has 1 aliphatic heterocycles. The minimum Gasteiger partial charge on any atom is -0.434 e. The number of carbonyl (C=O) groups excluding carboxylic acids is 1. The van der Waals surface area contributed by atoms with Gasteiger partial charge in [0.25, 0.3) is 5.91 Å². The van der Waals surface area contributed by atoms with Crippen LogP contribution in [0.3, 0.4) is 0 Å². The van der Waals surface area contributed by atoms with Gasteiger partial charge in [0.1, 0.15) is 11.6 Å². The van der Waals surface area contributed by atoms with Crippen molar-refractivity contribution in [2.24, 2.45) is 5.92 Å². The van der Waals surface area contributed by atoms with E-state index in [1.54, 1.807) is 18.2 Å². The molecule has 0 saturated carbocycles. The van der Waals surface area contributed by atoms with Gasteiger partial charge < -0.3 is 15.0 Å². The predicted octanol–water partition coefficient (Wildman–Crippen LogP) is 3.68. The molecule has 1 atom stereocenters. The Kier molecular flexibility index (Phi) is 5.65. The number of hydrogen-bond donors (Lipinski definition) is 1. The molecule has 1 aliphatic rings. The lowest BCUT2D eigenvalue weighted by atomic mass is 10.1. The molecule has 26 heavy (non-hydrogen) atoms. The van der Waals surface area contributed by atoms with Crippen LogP contribution in [0.2, 0.25) is 0 Å². The molecule has 0 aromatic heterocycles. The number of ether oxygens (including phenoxy) is 1. The summed E-state index contributed by atoms with van der Waals surface area (Å²) in [6.45, 7) is -0.999. The third-order valence-electron chi connectivity index (χ3n) is 4.38. The van der Waals surface area contributed by atoms with Crippen LogP contribution in [0, 0.1) is 11.7 Å². The number of amides is 1. The minimum absolute atomic E-state index is 0.0844. The molecule has 1 N–H and O–H groups in total. The maximum atomic E-state index is 13.0. The molecule has 4 nitrogen and oxygen atoms in total. The standard InChI is InChI=1S/C19H19F3N2O2/c20-14-5-7-15(8-6-14)24-10-9-13(12-24)11-23-18(25)16-3-1-2-4-17(16)26-19(21)22/h1-8,13,19H,9-12H2,(H,23,25)/t13-/m1/s1. The Labute approximate surface area is 149 Å². The molecule has 0 radical (unpaired) electrons. The van der Waals surface area contributed by atoms with Gasteiger partial charge >= 0.3 is 6.61 Å². The van der Waals surface area contributed by atoms with E-state index in [0.29, 0.717) is 6.54 Å². The Bertz CT molecular complexity index is 753. The number of nitrogens with one attached hydrogen (secondary N) is 1. The van der Waals surface area contributed by atoms with Crippen LogP contribution in [0.25, 0.3) is 0 Å². The second kappa shape index (κ2) is 8.12. The summed E-state index contributed by atoms with van der Waals surface area (Å²) in [4.78, 5) is 14.4. The average Bonchev–Trinajstić information content (AvgIpc) is 3.09. The van der Waals surface area contributed by atoms with Gasteiger partial charge in [-0.2, -0.15) is 8.78 Å². The van der Waals surface area contributed by atoms with Crippen LogP contribution in [0.1, 0.15) is 16.8 Å². The fourth-order valence-electron chi connectivity index (χ4n) is 3.07. The molecule has 0 spiro atoms. The average molecular weight is 364 g/mol. The number of alkyl halides is 2. The largest absolute Gasteiger partial charge is 0.434 e. The Morgan fingerprint density at radius 2 is 1.92 bits per heavy atom. The van der Waals surface area contributed by atoms with E-state index in [1.165, 1.54) is 30.3 Å². The topological polar surface area (TPSA) is 41.6 Å². The van der Waals surface area contributed by atoms with Crippen LogP contribution in [0.5, 0.6) is 5.75 Å². The van der Waals surface area contributed by atoms with E-state index in [4.69, 9.17) is 0 Å². The summed E-state index contributed by atoms with van der Waals surface area (Å²) in [5.41, 5.74) is 1.03. The maximum absolute atomic E-state index is 13.0. The molecule has 0 aliphatic carbocycles. The highest BCUT2D eigenvalue weighted by molar-refractivity contribution is 5.96. The summed E-state index contributed by atoms with van der Waals surface area (Å²) in [5, 5.41) is 2.79. The Balaban J connectivity index is 1.55. The summed E-state index contributed by atoms with van der Waals surface area (Å²) in [6, 6.07) is 12.2. The van der Waals surface area contributed by atoms with Crippen molar-refractivity contribution in [1.29, 1.82) is 0 Å². The van der Waals surface area contributed by atoms with E-state index in [0.717, 1.165) is 25.2 Å². The van der Waals surface area contributed by atoms with Gasteiger partial charge in [-0.1, -0.05) is 12.1 Å². The van der Waals surface area contributed by atoms with Crippen molar-refractivity contribution in [2.75, 3.05) is 24.5 Å². The van der Waals surface area contributed by atoms with Crippen molar-refractivity contribution in [3.8, 4) is 5.75 Å². The smallest absolute Gasteiger partial charge is 0.387 e. The first-order chi connectivity index (χ1) is 12.5. The summed E-state index contributed by atoms with van der Waals surface area (Å²) in [5.74, 6) is -0.630. The molecule has 1 fully saturated rings. The molecule has 2 aromatic carbocycles. The van der Waals surface area contributed by atoms with E-state index in [-0.39, 0.29) is 23.0 Å². The van der Waals surface area contributed by atoms with Crippen molar-refractivity contribution < 1.29 is 22.7 Å². The maximum Gasteiger partial charge on any atom is 0.387 e. The lowest BCUT2D eigenvalue weighted by Crippen LogP contribution is -2.31. The first-order valence-electron chi connectivity index (χ1n) is 8.35. The molecule has 0 bridgehead atoms. The molecule has 1 amide bonds. The van der Waals surface area contributed by atoms with Gasteiger partial charge in [0.15, 0.2) is 0 Å². The first kappa shape index (κ1) is 18.1. The molecule has 0 unspecified atom stereocenters. The lowest BCUT2D eigenvalue weighted by Gasteiger charge is -2.19. The van der Waals surface area contributed by atoms with Gasteiger partial charge in [0, 0.05) is 25.3 Å². The van der Waals surface area contributed by atoms with Crippen LogP contribution in [0.15, 0.2) is 48.5 Å². The van der Waals surface area contributed by atoms with E-state index in [1.807, 2.05) is 0 Å². The summed E-state index contributed by atoms with van der Waals surface area (Å²) < 4.78 is 42.3. The molecule has 1 saturated heterocycles. The van der Waals surface area contributed by atoms with Crippen LogP contribution in [-0.2, 0) is 0 Å². The van der Waals surface area contributed by atoms with Crippen LogP contribution < -0.4 is 15.0 Å². The molecule has 1 heterocycles. The van der Waals surface area contributed by atoms with Gasteiger partial charge in [-0.25, -0.2) is 4.39 Å². The summed E-state index contributed by atoms with van der Waals surface area (Å²) in [7, 11) is 0. The number of nitrogens with zero attached hydrogens (tertiary/aromatic N) is 1. The first-order valence-corrected chi connectivity index (χ1v) is 8.35. The number of hydrogen-bond acceptors (Lipinski definition) is 3. The highest BCUT2D eigenvalue weighted by Gasteiger charge is 2.24. The second-order valence-electron chi connectivity index (χ2n) is 6.16. The van der Waals surface area contributed by atoms with Crippen LogP contribution in [0.4, 0.5) is 18.9 Å². The molecule has 138 valence electrons. The van der Waals surface area contributed by atoms with Gasteiger partial charge in [0.05, 0.1) is 5.56 Å². The summed E-state index contributed by atoms with van der Waals surface area (Å²) in [6.07, 6.45) is 0.882. The Hall–Kier alpha value is -2.70. The molecule has 2 aromatic rings. The molecule has 3 rings (SSSR count). The van der Waals surface area contributed by atoms with E-state index >= 15 is 0 Å². The van der Waals surface area contributed by atoms with E-state index in [2.05, 4.69) is 15.0 Å².